The largest absolute Gasteiger partial charge is 0.337 e. The molecular formula is C23H21N7O. The van der Waals surface area contributed by atoms with Gasteiger partial charge in [0.2, 0.25) is 5.91 Å². The molecule has 0 saturated carbocycles. The highest BCUT2D eigenvalue weighted by atomic mass is 16.2. The molecule has 0 aliphatic heterocycles. The summed E-state index contributed by atoms with van der Waals surface area (Å²) >= 11 is 0. The maximum atomic E-state index is 12.3. The fourth-order valence-corrected chi connectivity index (χ4v) is 3.29. The highest BCUT2D eigenvalue weighted by molar-refractivity contribution is 5.96. The molecule has 0 aliphatic rings. The lowest BCUT2D eigenvalue weighted by molar-refractivity contribution is -0.123. The Morgan fingerprint density at radius 2 is 1.84 bits per heavy atom. The molecule has 1 aromatic carbocycles. The van der Waals surface area contributed by atoms with Crippen LogP contribution in [0.3, 0.4) is 0 Å². The molecule has 154 valence electrons. The molecule has 0 aliphatic carbocycles. The van der Waals surface area contributed by atoms with Gasteiger partial charge in [0.25, 0.3) is 0 Å². The highest BCUT2D eigenvalue weighted by Gasteiger charge is 2.21. The summed E-state index contributed by atoms with van der Waals surface area (Å²) in [7, 11) is 0. The molecule has 5 aromatic rings. The Labute approximate surface area is 178 Å². The number of nitrogens with zero attached hydrogens (tertiary/aromatic N) is 4. The minimum absolute atomic E-state index is 0.0676. The molecule has 5 rings (SSSR count). The van der Waals surface area contributed by atoms with Crippen molar-refractivity contribution >= 4 is 33.7 Å². The summed E-state index contributed by atoms with van der Waals surface area (Å²) in [6.07, 6.45) is 5.13. The van der Waals surface area contributed by atoms with Crippen molar-refractivity contribution in [3.8, 4) is 22.6 Å². The number of pyridine rings is 2. The van der Waals surface area contributed by atoms with Gasteiger partial charge in [-0.05, 0) is 24.3 Å². The summed E-state index contributed by atoms with van der Waals surface area (Å²) in [5, 5.41) is 11.1. The number of benzene rings is 1. The van der Waals surface area contributed by atoms with Crippen LogP contribution < -0.4 is 5.32 Å². The average molecular weight is 411 g/mol. The second-order valence-electron chi connectivity index (χ2n) is 8.46. The fraction of sp³-hybridized carbons (Fsp3) is 0.174. The van der Waals surface area contributed by atoms with E-state index in [0.29, 0.717) is 17.2 Å². The normalized spacial score (nSPS) is 11.8. The van der Waals surface area contributed by atoms with E-state index in [2.05, 4.69) is 35.5 Å². The number of aromatic nitrogens is 6. The lowest BCUT2D eigenvalue weighted by Gasteiger charge is -2.17. The zero-order valence-corrected chi connectivity index (χ0v) is 17.4. The first-order valence-corrected chi connectivity index (χ1v) is 9.94. The predicted octanol–water partition coefficient (Wildman–Crippen LogP) is 4.55. The van der Waals surface area contributed by atoms with Gasteiger partial charge < -0.3 is 10.3 Å². The first kappa shape index (κ1) is 18.9. The Balaban J connectivity index is 1.54. The van der Waals surface area contributed by atoms with Crippen LogP contribution in [0, 0.1) is 5.41 Å². The van der Waals surface area contributed by atoms with Gasteiger partial charge >= 0.3 is 0 Å². The van der Waals surface area contributed by atoms with Crippen LogP contribution in [0.15, 0.2) is 55.0 Å². The van der Waals surface area contributed by atoms with Crippen LogP contribution in [0.1, 0.15) is 20.8 Å². The van der Waals surface area contributed by atoms with Crippen LogP contribution in [-0.2, 0) is 4.79 Å². The molecule has 4 heterocycles. The second kappa shape index (κ2) is 7.02. The number of fused-ring (bicyclic) bond motifs is 2. The van der Waals surface area contributed by atoms with E-state index in [1.54, 1.807) is 18.6 Å². The number of para-hydroxylation sites is 2. The number of carbonyl (C=O) groups is 1. The number of carbonyl (C=O) groups excluding carboxylic acids is 1. The minimum atomic E-state index is -0.491. The Bertz CT molecular complexity index is 1390. The number of rotatable bonds is 3. The summed E-state index contributed by atoms with van der Waals surface area (Å²) in [6, 6.07) is 11.8. The molecule has 4 aromatic heterocycles. The number of hydrogen-bond donors (Lipinski definition) is 3. The zero-order valence-electron chi connectivity index (χ0n) is 17.4. The number of anilines is 1. The van der Waals surface area contributed by atoms with E-state index in [-0.39, 0.29) is 5.91 Å². The lowest BCUT2D eigenvalue weighted by Crippen LogP contribution is -2.27. The minimum Gasteiger partial charge on any atom is -0.337 e. The van der Waals surface area contributed by atoms with Crippen molar-refractivity contribution < 1.29 is 4.79 Å². The van der Waals surface area contributed by atoms with Gasteiger partial charge in [-0.25, -0.2) is 9.97 Å². The Kier molecular flexibility index (Phi) is 4.28. The topological polar surface area (TPSA) is 112 Å². The first-order chi connectivity index (χ1) is 14.9. The van der Waals surface area contributed by atoms with Gasteiger partial charge in [0.05, 0.1) is 28.3 Å². The number of amides is 1. The van der Waals surface area contributed by atoms with Crippen LogP contribution in [0.2, 0.25) is 0 Å². The quantitative estimate of drug-likeness (QED) is 0.403. The number of nitrogens with one attached hydrogen (secondary N) is 3. The number of H-pyrrole nitrogens is 2. The lowest BCUT2D eigenvalue weighted by atomic mass is 9.95. The van der Waals surface area contributed by atoms with E-state index in [1.165, 1.54) is 0 Å². The van der Waals surface area contributed by atoms with Gasteiger partial charge in [-0.1, -0.05) is 32.9 Å². The number of hydrogen-bond acceptors (Lipinski definition) is 5. The van der Waals surface area contributed by atoms with Gasteiger partial charge in [0.1, 0.15) is 5.69 Å². The molecule has 8 nitrogen and oxygen atoms in total. The molecule has 0 unspecified atom stereocenters. The standard InChI is InChI=1S/C23H21N7O/c1-23(2,3)22(31)26-15-8-13(10-24-12-15)14-9-16-19(29-30-20(16)25-11-14)21-27-17-6-4-5-7-18(17)28-21/h4-12H,1-3H3,(H,26,31)(H,27,28)(H,25,29,30). The Morgan fingerprint density at radius 1 is 1.03 bits per heavy atom. The molecule has 8 heteroatoms. The van der Waals surface area contributed by atoms with E-state index in [9.17, 15) is 4.79 Å². The van der Waals surface area contributed by atoms with Crippen LogP contribution in [0.4, 0.5) is 5.69 Å². The molecule has 1 amide bonds. The third kappa shape index (κ3) is 3.52. The number of aromatic amines is 2. The maximum absolute atomic E-state index is 12.3. The molecule has 0 bridgehead atoms. The Hall–Kier alpha value is -4.07. The molecule has 0 atom stereocenters. The van der Waals surface area contributed by atoms with E-state index in [1.807, 2.05) is 57.2 Å². The van der Waals surface area contributed by atoms with Gasteiger partial charge in [-0.3, -0.25) is 14.9 Å². The van der Waals surface area contributed by atoms with Crippen molar-refractivity contribution in [2.45, 2.75) is 20.8 Å². The Morgan fingerprint density at radius 3 is 2.65 bits per heavy atom. The third-order valence-electron chi connectivity index (χ3n) is 5.05. The average Bonchev–Trinajstić information content (AvgIpc) is 3.36. The van der Waals surface area contributed by atoms with Crippen LogP contribution in [-0.4, -0.2) is 36.0 Å². The van der Waals surface area contributed by atoms with Gasteiger partial charge in [0.15, 0.2) is 11.5 Å². The summed E-state index contributed by atoms with van der Waals surface area (Å²) in [5.74, 6) is 0.633. The summed E-state index contributed by atoms with van der Waals surface area (Å²) in [5.41, 5.74) is 5.07. The van der Waals surface area contributed by atoms with E-state index >= 15 is 0 Å². The zero-order chi connectivity index (χ0) is 21.6. The smallest absolute Gasteiger partial charge is 0.229 e. The van der Waals surface area contributed by atoms with Crippen molar-refractivity contribution in [2.24, 2.45) is 5.41 Å². The highest BCUT2D eigenvalue weighted by Crippen LogP contribution is 2.30. The predicted molar refractivity (Wildman–Crippen MR) is 120 cm³/mol. The molecule has 0 saturated heterocycles. The fourth-order valence-electron chi connectivity index (χ4n) is 3.29. The third-order valence-corrected chi connectivity index (χ3v) is 5.05. The van der Waals surface area contributed by atoms with Crippen molar-refractivity contribution in [1.82, 2.24) is 30.1 Å². The second-order valence-corrected chi connectivity index (χ2v) is 8.46. The summed E-state index contributed by atoms with van der Waals surface area (Å²) in [4.78, 5) is 29.1. The molecule has 0 fully saturated rings. The molecular weight excluding hydrogens is 390 g/mol. The van der Waals surface area contributed by atoms with Crippen molar-refractivity contribution in [3.05, 3.63) is 55.0 Å². The van der Waals surface area contributed by atoms with Crippen molar-refractivity contribution in [2.75, 3.05) is 5.32 Å². The summed E-state index contributed by atoms with van der Waals surface area (Å²) < 4.78 is 0. The van der Waals surface area contributed by atoms with Crippen molar-refractivity contribution in [1.29, 1.82) is 0 Å². The molecule has 0 radical (unpaired) electrons. The van der Waals surface area contributed by atoms with Crippen molar-refractivity contribution in [3.63, 3.8) is 0 Å². The first-order valence-electron chi connectivity index (χ1n) is 9.94. The molecule has 31 heavy (non-hydrogen) atoms. The summed E-state index contributed by atoms with van der Waals surface area (Å²) in [6.45, 7) is 5.61. The van der Waals surface area contributed by atoms with Gasteiger partial charge in [-0.2, -0.15) is 5.10 Å². The molecule has 0 spiro atoms. The van der Waals surface area contributed by atoms with Crippen LogP contribution >= 0.6 is 0 Å². The van der Waals surface area contributed by atoms with Gasteiger partial charge in [0, 0.05) is 28.9 Å². The van der Waals surface area contributed by atoms with E-state index in [0.717, 1.165) is 33.2 Å². The van der Waals surface area contributed by atoms with Crippen LogP contribution in [0.25, 0.3) is 44.7 Å². The van der Waals surface area contributed by atoms with Gasteiger partial charge in [-0.15, -0.1) is 0 Å². The molecule has 3 N–H and O–H groups in total. The van der Waals surface area contributed by atoms with E-state index in [4.69, 9.17) is 0 Å². The van der Waals surface area contributed by atoms with E-state index < -0.39 is 5.41 Å². The van der Waals surface area contributed by atoms with Crippen LogP contribution in [0.5, 0.6) is 0 Å². The maximum Gasteiger partial charge on any atom is 0.229 e. The monoisotopic (exact) mass is 411 g/mol. The number of imidazole rings is 1. The SMILES string of the molecule is CC(C)(C)C(=O)Nc1cncc(-c2cnc3n[nH]c(-c4nc5ccccc5[nH]4)c3c2)c1.